The first-order valence-corrected chi connectivity index (χ1v) is 8.09. The van der Waals surface area contributed by atoms with Crippen molar-refractivity contribution in [3.8, 4) is 5.75 Å². The van der Waals surface area contributed by atoms with E-state index in [1.54, 1.807) is 25.4 Å². The third-order valence-corrected chi connectivity index (χ3v) is 5.29. The van der Waals surface area contributed by atoms with Crippen molar-refractivity contribution >= 4 is 11.7 Å². The molecule has 1 aromatic rings. The van der Waals surface area contributed by atoms with Crippen LogP contribution in [0.25, 0.3) is 0 Å². The van der Waals surface area contributed by atoms with Crippen LogP contribution >= 0.6 is 0 Å². The summed E-state index contributed by atoms with van der Waals surface area (Å²) in [7, 11) is 1.60. The topological polar surface area (TPSA) is 68.7 Å². The van der Waals surface area contributed by atoms with Crippen LogP contribution in [0.5, 0.6) is 5.75 Å². The van der Waals surface area contributed by atoms with Gasteiger partial charge in [0, 0.05) is 39.2 Å². The van der Waals surface area contributed by atoms with Crippen LogP contribution in [-0.2, 0) is 9.53 Å². The van der Waals surface area contributed by atoms with E-state index in [9.17, 15) is 9.59 Å². The van der Waals surface area contributed by atoms with E-state index in [2.05, 4.69) is 4.98 Å². The minimum Gasteiger partial charge on any atom is -0.484 e. The fourth-order valence-corrected chi connectivity index (χ4v) is 3.63. The van der Waals surface area contributed by atoms with Gasteiger partial charge >= 0.3 is 0 Å². The smallest absolute Gasteiger partial charge is 0.254 e. The zero-order valence-electron chi connectivity index (χ0n) is 13.2. The number of amides is 1. The summed E-state index contributed by atoms with van der Waals surface area (Å²) in [6, 6.07) is 3.57. The summed E-state index contributed by atoms with van der Waals surface area (Å²) in [6.07, 6.45) is 4.89. The standard InChI is InChI=1S/C17H20N2O4/c1-22-17(4-5-17)15(21)19-9-6-16(7-10-19)11-12(20)14-13(23-16)3-2-8-18-14/h2-3,8H,4-7,9-11H2,1H3. The zero-order chi connectivity index (χ0) is 16.1. The molecule has 0 radical (unpaired) electrons. The molecule has 0 unspecified atom stereocenters. The van der Waals surface area contributed by atoms with Crippen LogP contribution in [0, 0.1) is 0 Å². The minimum absolute atomic E-state index is 0.0298. The number of fused-ring (bicyclic) bond motifs is 1. The Morgan fingerprint density at radius 3 is 2.70 bits per heavy atom. The first kappa shape index (κ1) is 14.6. The molecule has 4 rings (SSSR count). The number of pyridine rings is 1. The van der Waals surface area contributed by atoms with Crippen molar-refractivity contribution in [2.75, 3.05) is 20.2 Å². The molecule has 122 valence electrons. The number of rotatable bonds is 2. The SMILES string of the molecule is COC1(C(=O)N2CCC3(CC2)CC(=O)c2ncccc2O3)CC1. The van der Waals surface area contributed by atoms with Crippen LogP contribution in [0.3, 0.4) is 0 Å². The van der Waals surface area contributed by atoms with Crippen LogP contribution in [0.2, 0.25) is 0 Å². The van der Waals surface area contributed by atoms with Crippen molar-refractivity contribution in [2.24, 2.45) is 0 Å². The van der Waals surface area contributed by atoms with E-state index in [1.165, 1.54) is 0 Å². The van der Waals surface area contributed by atoms with Crippen molar-refractivity contribution in [1.82, 2.24) is 9.88 Å². The quantitative estimate of drug-likeness (QED) is 0.829. The number of methoxy groups -OCH3 is 1. The highest BCUT2D eigenvalue weighted by Gasteiger charge is 2.54. The van der Waals surface area contributed by atoms with Crippen LogP contribution < -0.4 is 4.74 Å². The van der Waals surface area contributed by atoms with Gasteiger partial charge in [-0.2, -0.15) is 0 Å². The van der Waals surface area contributed by atoms with Gasteiger partial charge in [0.2, 0.25) is 0 Å². The molecule has 6 heteroatoms. The molecule has 6 nitrogen and oxygen atoms in total. The average Bonchev–Trinajstić information content (AvgIpc) is 3.36. The van der Waals surface area contributed by atoms with Gasteiger partial charge in [-0.25, -0.2) is 4.98 Å². The Hall–Kier alpha value is -1.95. The highest BCUT2D eigenvalue weighted by Crippen LogP contribution is 2.43. The molecule has 1 amide bonds. The Morgan fingerprint density at radius 1 is 1.30 bits per heavy atom. The molecule has 2 aliphatic heterocycles. The molecule has 0 atom stereocenters. The van der Waals surface area contributed by atoms with Crippen LogP contribution in [0.1, 0.15) is 42.6 Å². The number of likely N-dealkylation sites (tertiary alicyclic amines) is 1. The second kappa shape index (κ2) is 5.03. The highest BCUT2D eigenvalue weighted by atomic mass is 16.5. The number of piperidine rings is 1. The number of carbonyl (C=O) groups excluding carboxylic acids is 2. The van der Waals surface area contributed by atoms with E-state index >= 15 is 0 Å². The summed E-state index contributed by atoms with van der Waals surface area (Å²) in [5.74, 6) is 0.681. The molecule has 2 fully saturated rings. The van der Waals surface area contributed by atoms with Crippen LogP contribution in [-0.4, -0.2) is 53.0 Å². The average molecular weight is 316 g/mol. The summed E-state index contributed by atoms with van der Waals surface area (Å²) in [6.45, 7) is 1.21. The molecular formula is C17H20N2O4. The lowest BCUT2D eigenvalue weighted by atomic mass is 9.83. The summed E-state index contributed by atoms with van der Waals surface area (Å²) >= 11 is 0. The van der Waals surface area contributed by atoms with Crippen molar-refractivity contribution < 1.29 is 19.1 Å². The summed E-state index contributed by atoms with van der Waals surface area (Å²) in [4.78, 5) is 30.9. The zero-order valence-corrected chi connectivity index (χ0v) is 13.2. The maximum absolute atomic E-state index is 12.5. The third-order valence-electron chi connectivity index (χ3n) is 5.29. The van der Waals surface area contributed by atoms with E-state index in [-0.39, 0.29) is 11.7 Å². The monoisotopic (exact) mass is 316 g/mol. The predicted octanol–water partition coefficient (Wildman–Crippen LogP) is 1.59. The molecule has 0 aromatic carbocycles. The number of hydrogen-bond donors (Lipinski definition) is 0. The van der Waals surface area contributed by atoms with Gasteiger partial charge in [0.15, 0.2) is 5.78 Å². The third kappa shape index (κ3) is 2.32. The molecule has 3 aliphatic rings. The van der Waals surface area contributed by atoms with E-state index in [0.717, 1.165) is 12.8 Å². The summed E-state index contributed by atoms with van der Waals surface area (Å²) in [5.41, 5.74) is -0.647. The van der Waals surface area contributed by atoms with E-state index in [1.807, 2.05) is 4.90 Å². The van der Waals surface area contributed by atoms with Gasteiger partial charge in [0.25, 0.3) is 5.91 Å². The van der Waals surface area contributed by atoms with Crippen molar-refractivity contribution in [2.45, 2.75) is 43.3 Å². The Kier molecular flexibility index (Phi) is 3.20. The Balaban J connectivity index is 1.48. The fourth-order valence-electron chi connectivity index (χ4n) is 3.63. The summed E-state index contributed by atoms with van der Waals surface area (Å²) in [5, 5.41) is 0. The maximum Gasteiger partial charge on any atom is 0.254 e. The molecule has 0 bridgehead atoms. The van der Waals surface area contributed by atoms with E-state index in [0.29, 0.717) is 43.8 Å². The number of nitrogens with zero attached hydrogens (tertiary/aromatic N) is 2. The largest absolute Gasteiger partial charge is 0.484 e. The van der Waals surface area contributed by atoms with E-state index < -0.39 is 11.2 Å². The molecule has 1 spiro atoms. The van der Waals surface area contributed by atoms with Gasteiger partial charge < -0.3 is 14.4 Å². The maximum atomic E-state index is 12.5. The second-order valence-electron chi connectivity index (χ2n) is 6.73. The molecular weight excluding hydrogens is 296 g/mol. The highest BCUT2D eigenvalue weighted by molar-refractivity contribution is 5.98. The number of ketones is 1. The minimum atomic E-state index is -0.579. The normalized spacial score (nSPS) is 24.0. The molecule has 0 N–H and O–H groups in total. The van der Waals surface area contributed by atoms with Crippen LogP contribution in [0.15, 0.2) is 18.3 Å². The van der Waals surface area contributed by atoms with Crippen molar-refractivity contribution in [1.29, 1.82) is 0 Å². The van der Waals surface area contributed by atoms with Crippen LogP contribution in [0.4, 0.5) is 0 Å². The van der Waals surface area contributed by atoms with Gasteiger partial charge in [-0.3, -0.25) is 9.59 Å². The molecule has 23 heavy (non-hydrogen) atoms. The van der Waals surface area contributed by atoms with Gasteiger partial charge in [-0.1, -0.05) is 0 Å². The second-order valence-corrected chi connectivity index (χ2v) is 6.73. The molecule has 1 saturated heterocycles. The first-order valence-electron chi connectivity index (χ1n) is 8.09. The lowest BCUT2D eigenvalue weighted by molar-refractivity contribution is -0.148. The molecule has 1 saturated carbocycles. The Bertz CT molecular complexity index is 660. The number of ether oxygens (including phenoxy) is 2. The molecule has 3 heterocycles. The number of hydrogen-bond acceptors (Lipinski definition) is 5. The number of Topliss-reactive ketones (excluding diaryl/α,β-unsaturated/α-hetero) is 1. The van der Waals surface area contributed by atoms with Gasteiger partial charge in [-0.15, -0.1) is 0 Å². The van der Waals surface area contributed by atoms with Crippen molar-refractivity contribution in [3.05, 3.63) is 24.0 Å². The Morgan fingerprint density at radius 2 is 2.04 bits per heavy atom. The lowest BCUT2D eigenvalue weighted by Crippen LogP contribution is -2.54. The van der Waals surface area contributed by atoms with Gasteiger partial charge in [-0.05, 0) is 25.0 Å². The lowest BCUT2D eigenvalue weighted by Gasteiger charge is -2.44. The molecule has 1 aromatic heterocycles. The Labute approximate surface area is 134 Å². The van der Waals surface area contributed by atoms with Crippen molar-refractivity contribution in [3.63, 3.8) is 0 Å². The number of carbonyl (C=O) groups is 2. The van der Waals surface area contributed by atoms with Gasteiger partial charge in [0.05, 0.1) is 6.42 Å². The molecule has 1 aliphatic carbocycles. The predicted molar refractivity (Wildman–Crippen MR) is 81.3 cm³/mol. The first-order chi connectivity index (χ1) is 11.1. The number of aromatic nitrogens is 1. The fraction of sp³-hybridized carbons (Fsp3) is 0.588. The summed E-state index contributed by atoms with van der Waals surface area (Å²) < 4.78 is 11.5. The van der Waals surface area contributed by atoms with E-state index in [4.69, 9.17) is 9.47 Å². The van der Waals surface area contributed by atoms with Gasteiger partial charge in [0.1, 0.15) is 22.6 Å².